The van der Waals surface area contributed by atoms with Crippen LogP contribution < -0.4 is 5.32 Å². The first-order chi connectivity index (χ1) is 11.6. The largest absolute Gasteiger partial charge is 0.451 e. The fourth-order valence-corrected chi connectivity index (χ4v) is 1.96. The zero-order valence-corrected chi connectivity index (χ0v) is 13.2. The summed E-state index contributed by atoms with van der Waals surface area (Å²) in [6, 6.07) is 18.0. The second-order valence-corrected chi connectivity index (χ2v) is 5.02. The smallest absolute Gasteiger partial charge is 0.349 e. The van der Waals surface area contributed by atoms with E-state index in [1.165, 1.54) is 6.08 Å². The molecule has 0 fully saturated rings. The van der Waals surface area contributed by atoms with Crippen molar-refractivity contribution in [2.75, 3.05) is 11.9 Å². The van der Waals surface area contributed by atoms with Gasteiger partial charge in [0.15, 0.2) is 6.61 Å². The molecule has 5 nitrogen and oxygen atoms in total. The van der Waals surface area contributed by atoms with Gasteiger partial charge in [0.25, 0.3) is 5.91 Å². The average Bonchev–Trinajstić information content (AvgIpc) is 2.60. The zero-order valence-electron chi connectivity index (χ0n) is 13.2. The second kappa shape index (κ2) is 8.30. The van der Waals surface area contributed by atoms with E-state index in [2.05, 4.69) is 5.32 Å². The van der Waals surface area contributed by atoms with Gasteiger partial charge < -0.3 is 10.1 Å². The van der Waals surface area contributed by atoms with Crippen LogP contribution >= 0.6 is 0 Å². The Balaban J connectivity index is 1.94. The van der Waals surface area contributed by atoms with Crippen molar-refractivity contribution in [3.05, 3.63) is 71.3 Å². The molecule has 5 heteroatoms. The van der Waals surface area contributed by atoms with Crippen LogP contribution in [0.25, 0.3) is 6.08 Å². The van der Waals surface area contributed by atoms with Crippen LogP contribution in [0.15, 0.2) is 60.2 Å². The second-order valence-electron chi connectivity index (χ2n) is 5.02. The van der Waals surface area contributed by atoms with Gasteiger partial charge in [-0.1, -0.05) is 48.5 Å². The van der Waals surface area contributed by atoms with Crippen LogP contribution in [0, 0.1) is 18.3 Å². The minimum atomic E-state index is -0.832. The fourth-order valence-electron chi connectivity index (χ4n) is 1.96. The number of aryl methyl sites for hydroxylation is 1. The third kappa shape index (κ3) is 4.82. The van der Waals surface area contributed by atoms with E-state index in [9.17, 15) is 9.59 Å². The van der Waals surface area contributed by atoms with Crippen LogP contribution in [0.4, 0.5) is 5.69 Å². The Morgan fingerprint density at radius 1 is 1.12 bits per heavy atom. The molecule has 0 atom stereocenters. The maximum Gasteiger partial charge on any atom is 0.349 e. The van der Waals surface area contributed by atoms with Gasteiger partial charge in [-0.05, 0) is 30.2 Å². The summed E-state index contributed by atoms with van der Waals surface area (Å²) in [4.78, 5) is 23.8. The number of nitrogens with zero attached hydrogens (tertiary/aromatic N) is 1. The molecule has 0 spiro atoms. The number of hydrogen-bond donors (Lipinski definition) is 1. The average molecular weight is 320 g/mol. The highest BCUT2D eigenvalue weighted by Gasteiger charge is 2.13. The molecule has 120 valence electrons. The first kappa shape index (κ1) is 17.0. The zero-order chi connectivity index (χ0) is 17.4. The molecule has 0 aliphatic heterocycles. The summed E-state index contributed by atoms with van der Waals surface area (Å²) in [6.07, 6.45) is 1.42. The molecule has 1 N–H and O–H groups in total. The van der Waals surface area contributed by atoms with Crippen molar-refractivity contribution in [1.82, 2.24) is 0 Å². The molecule has 0 aromatic heterocycles. The molecule has 2 aromatic rings. The Bertz CT molecular complexity index is 805. The normalized spacial score (nSPS) is 10.6. The van der Waals surface area contributed by atoms with E-state index in [0.29, 0.717) is 11.3 Å². The molecule has 0 aliphatic carbocycles. The lowest BCUT2D eigenvalue weighted by molar-refractivity contribution is -0.142. The van der Waals surface area contributed by atoms with E-state index < -0.39 is 18.5 Å². The predicted octanol–water partition coefficient (Wildman–Crippen LogP) is 3.08. The van der Waals surface area contributed by atoms with Gasteiger partial charge in [-0.2, -0.15) is 5.26 Å². The Hall–Kier alpha value is -3.39. The topological polar surface area (TPSA) is 79.2 Å². The quantitative estimate of drug-likeness (QED) is 0.521. The maximum absolute atomic E-state index is 11.9. The molecule has 0 aliphatic rings. The van der Waals surface area contributed by atoms with E-state index >= 15 is 0 Å². The molecular formula is C19H16N2O3. The van der Waals surface area contributed by atoms with E-state index in [1.807, 2.05) is 25.1 Å². The SMILES string of the molecule is Cc1ccccc1NC(=O)COC(=O)/C(C#N)=C/c1ccccc1. The lowest BCUT2D eigenvalue weighted by Crippen LogP contribution is -2.21. The molecule has 0 unspecified atom stereocenters. The van der Waals surface area contributed by atoms with Crippen LogP contribution in [0.5, 0.6) is 0 Å². The number of amides is 1. The number of benzene rings is 2. The van der Waals surface area contributed by atoms with Crippen molar-refractivity contribution >= 4 is 23.6 Å². The number of ether oxygens (including phenoxy) is 1. The van der Waals surface area contributed by atoms with Gasteiger partial charge in [0.05, 0.1) is 0 Å². The van der Waals surface area contributed by atoms with E-state index in [0.717, 1.165) is 5.56 Å². The summed E-state index contributed by atoms with van der Waals surface area (Å²) in [6.45, 7) is 1.40. The number of para-hydroxylation sites is 1. The Kier molecular flexibility index (Phi) is 5.87. The summed E-state index contributed by atoms with van der Waals surface area (Å²) in [7, 11) is 0. The van der Waals surface area contributed by atoms with Gasteiger partial charge in [-0.15, -0.1) is 0 Å². The van der Waals surface area contributed by atoms with E-state index in [-0.39, 0.29) is 5.57 Å². The van der Waals surface area contributed by atoms with Gasteiger partial charge in [-0.25, -0.2) is 4.79 Å². The molecule has 0 saturated carbocycles. The van der Waals surface area contributed by atoms with E-state index in [4.69, 9.17) is 10.00 Å². The van der Waals surface area contributed by atoms with Crippen molar-refractivity contribution in [3.8, 4) is 6.07 Å². The lowest BCUT2D eigenvalue weighted by Gasteiger charge is -2.08. The van der Waals surface area contributed by atoms with Gasteiger partial charge in [0.1, 0.15) is 11.6 Å². The van der Waals surface area contributed by atoms with Crippen molar-refractivity contribution in [2.45, 2.75) is 6.92 Å². The number of hydrogen-bond acceptors (Lipinski definition) is 4. The summed E-state index contributed by atoms with van der Waals surface area (Å²) < 4.78 is 4.90. The van der Waals surface area contributed by atoms with Crippen molar-refractivity contribution in [1.29, 1.82) is 5.26 Å². The molecule has 1 amide bonds. The van der Waals surface area contributed by atoms with Gasteiger partial charge in [-0.3, -0.25) is 4.79 Å². The summed E-state index contributed by atoms with van der Waals surface area (Å²) >= 11 is 0. The van der Waals surface area contributed by atoms with Crippen LogP contribution in [-0.2, 0) is 14.3 Å². The molecule has 2 rings (SSSR count). The standard InChI is InChI=1S/C19H16N2O3/c1-14-7-5-6-10-17(14)21-18(22)13-24-19(23)16(12-20)11-15-8-3-2-4-9-15/h2-11H,13H2,1H3,(H,21,22)/b16-11+. The monoisotopic (exact) mass is 320 g/mol. The van der Waals surface area contributed by atoms with Gasteiger partial charge >= 0.3 is 5.97 Å². The van der Waals surface area contributed by atoms with Gasteiger partial charge in [0.2, 0.25) is 0 Å². The van der Waals surface area contributed by atoms with Crippen molar-refractivity contribution in [2.24, 2.45) is 0 Å². The van der Waals surface area contributed by atoms with E-state index in [1.54, 1.807) is 42.5 Å². The van der Waals surface area contributed by atoms with Gasteiger partial charge in [0, 0.05) is 5.69 Å². The summed E-state index contributed by atoms with van der Waals surface area (Å²) in [5.74, 6) is -1.30. The summed E-state index contributed by atoms with van der Waals surface area (Å²) in [5, 5.41) is 11.7. The summed E-state index contributed by atoms with van der Waals surface area (Å²) in [5.41, 5.74) is 2.10. The predicted molar refractivity (Wildman–Crippen MR) is 90.8 cm³/mol. The third-order valence-electron chi connectivity index (χ3n) is 3.20. The lowest BCUT2D eigenvalue weighted by atomic mass is 10.1. The number of esters is 1. The number of nitriles is 1. The number of anilines is 1. The molecule has 24 heavy (non-hydrogen) atoms. The van der Waals surface area contributed by atoms with Crippen LogP contribution in [0.2, 0.25) is 0 Å². The van der Waals surface area contributed by atoms with Crippen molar-refractivity contribution in [3.63, 3.8) is 0 Å². The molecule has 0 bridgehead atoms. The molecular weight excluding hydrogens is 304 g/mol. The Morgan fingerprint density at radius 2 is 1.79 bits per heavy atom. The van der Waals surface area contributed by atoms with Crippen LogP contribution in [-0.4, -0.2) is 18.5 Å². The van der Waals surface area contributed by atoms with Crippen molar-refractivity contribution < 1.29 is 14.3 Å². The van der Waals surface area contributed by atoms with Crippen LogP contribution in [0.3, 0.4) is 0 Å². The Labute approximate surface area is 140 Å². The number of rotatable bonds is 5. The fraction of sp³-hybridized carbons (Fsp3) is 0.105. The Morgan fingerprint density at radius 3 is 2.46 bits per heavy atom. The highest BCUT2D eigenvalue weighted by Crippen LogP contribution is 2.13. The maximum atomic E-state index is 11.9. The number of carbonyl (C=O) groups is 2. The number of nitrogens with one attached hydrogen (secondary N) is 1. The molecule has 2 aromatic carbocycles. The highest BCUT2D eigenvalue weighted by molar-refractivity contribution is 6.00. The molecule has 0 radical (unpaired) electrons. The third-order valence-corrected chi connectivity index (χ3v) is 3.20. The first-order valence-corrected chi connectivity index (χ1v) is 7.29. The minimum Gasteiger partial charge on any atom is -0.451 e. The molecule has 0 heterocycles. The number of carbonyl (C=O) groups excluding carboxylic acids is 2. The highest BCUT2D eigenvalue weighted by atomic mass is 16.5. The minimum absolute atomic E-state index is 0.162. The van der Waals surface area contributed by atoms with Crippen LogP contribution in [0.1, 0.15) is 11.1 Å². The molecule has 0 saturated heterocycles. The first-order valence-electron chi connectivity index (χ1n) is 7.29.